The van der Waals surface area contributed by atoms with Gasteiger partial charge in [-0.05, 0) is 20.3 Å². The molecular weight excluding hydrogens is 224 g/mol. The maximum absolute atomic E-state index is 11.9. The molecular formula is C8H17ClN2O2S. The number of alkyl halides is 1. The molecule has 0 N–H and O–H groups in total. The van der Waals surface area contributed by atoms with Crippen molar-refractivity contribution < 1.29 is 8.42 Å². The van der Waals surface area contributed by atoms with Crippen LogP contribution in [0.5, 0.6) is 0 Å². The molecule has 0 bridgehead atoms. The van der Waals surface area contributed by atoms with Gasteiger partial charge in [0.25, 0.3) is 10.2 Å². The molecule has 1 fully saturated rings. The second-order valence-corrected chi connectivity index (χ2v) is 6.47. The van der Waals surface area contributed by atoms with Crippen LogP contribution in [0.2, 0.25) is 0 Å². The van der Waals surface area contributed by atoms with Gasteiger partial charge in [0.2, 0.25) is 0 Å². The summed E-state index contributed by atoms with van der Waals surface area (Å²) >= 11 is 5.87. The lowest BCUT2D eigenvalue weighted by Gasteiger charge is -2.26. The normalized spacial score (nSPS) is 25.1. The number of hydrogen-bond donors (Lipinski definition) is 0. The van der Waals surface area contributed by atoms with Gasteiger partial charge in [-0.25, -0.2) is 0 Å². The van der Waals surface area contributed by atoms with E-state index in [2.05, 4.69) is 0 Å². The molecule has 0 spiro atoms. The van der Waals surface area contributed by atoms with Crippen LogP contribution >= 0.6 is 11.6 Å². The molecule has 1 unspecified atom stereocenters. The molecule has 0 saturated carbocycles. The van der Waals surface area contributed by atoms with Gasteiger partial charge in [0.05, 0.1) is 0 Å². The summed E-state index contributed by atoms with van der Waals surface area (Å²) in [7, 11) is -1.69. The summed E-state index contributed by atoms with van der Waals surface area (Å²) in [6, 6.07) is -0.0191. The summed E-state index contributed by atoms with van der Waals surface area (Å²) in [5.74, 6) is 0. The molecule has 1 heterocycles. The first-order valence-corrected chi connectivity index (χ1v) is 6.56. The van der Waals surface area contributed by atoms with Crippen molar-refractivity contribution in [1.29, 1.82) is 0 Å². The second kappa shape index (κ2) is 4.35. The predicted octanol–water partition coefficient (Wildman–Crippen LogP) is 0.885. The van der Waals surface area contributed by atoms with Crippen molar-refractivity contribution in [2.24, 2.45) is 0 Å². The van der Waals surface area contributed by atoms with E-state index in [0.29, 0.717) is 13.1 Å². The van der Waals surface area contributed by atoms with E-state index in [4.69, 9.17) is 11.6 Å². The first kappa shape index (κ1) is 12.2. The highest BCUT2D eigenvalue weighted by Gasteiger charge is 2.33. The molecule has 84 valence electrons. The molecule has 6 heteroatoms. The van der Waals surface area contributed by atoms with Crippen molar-refractivity contribution in [3.63, 3.8) is 0 Å². The SMILES string of the molecule is CC(C)N(C)S(=O)(=O)N1CCC(Cl)C1. The minimum Gasteiger partial charge on any atom is -0.195 e. The first-order valence-electron chi connectivity index (χ1n) is 4.73. The van der Waals surface area contributed by atoms with Crippen LogP contribution in [-0.2, 0) is 10.2 Å². The summed E-state index contributed by atoms with van der Waals surface area (Å²) in [4.78, 5) is 0. The zero-order valence-electron chi connectivity index (χ0n) is 8.77. The average molecular weight is 241 g/mol. The molecule has 4 nitrogen and oxygen atoms in total. The van der Waals surface area contributed by atoms with Gasteiger partial charge in [-0.1, -0.05) is 0 Å². The second-order valence-electron chi connectivity index (χ2n) is 3.86. The number of hydrogen-bond acceptors (Lipinski definition) is 2. The van der Waals surface area contributed by atoms with Crippen LogP contribution in [0.15, 0.2) is 0 Å². The van der Waals surface area contributed by atoms with Crippen LogP contribution in [0.1, 0.15) is 20.3 Å². The van der Waals surface area contributed by atoms with E-state index < -0.39 is 10.2 Å². The standard InChI is InChI=1S/C8H17ClN2O2S/c1-7(2)10(3)14(12,13)11-5-4-8(9)6-11/h7-8H,4-6H2,1-3H3. The largest absolute Gasteiger partial charge is 0.282 e. The van der Waals surface area contributed by atoms with Gasteiger partial charge >= 0.3 is 0 Å². The van der Waals surface area contributed by atoms with Gasteiger partial charge < -0.3 is 0 Å². The van der Waals surface area contributed by atoms with Crippen LogP contribution in [-0.4, -0.2) is 48.6 Å². The van der Waals surface area contributed by atoms with Crippen molar-refractivity contribution in [2.45, 2.75) is 31.7 Å². The molecule has 0 radical (unpaired) electrons. The Hall–Kier alpha value is 0.160. The molecule has 1 atom stereocenters. The highest BCUT2D eigenvalue weighted by atomic mass is 35.5. The van der Waals surface area contributed by atoms with Crippen molar-refractivity contribution in [3.05, 3.63) is 0 Å². The van der Waals surface area contributed by atoms with Crippen molar-refractivity contribution >= 4 is 21.8 Å². The molecule has 0 amide bonds. The molecule has 14 heavy (non-hydrogen) atoms. The van der Waals surface area contributed by atoms with E-state index >= 15 is 0 Å². The Kier molecular flexibility index (Phi) is 3.80. The lowest BCUT2D eigenvalue weighted by atomic mass is 10.4. The summed E-state index contributed by atoms with van der Waals surface area (Å²) in [6.45, 7) is 4.67. The fourth-order valence-electron chi connectivity index (χ4n) is 1.35. The Bertz CT molecular complexity index is 292. The Balaban J connectivity index is 2.75. The molecule has 1 aliphatic rings. The highest BCUT2D eigenvalue weighted by Crippen LogP contribution is 2.20. The third-order valence-corrected chi connectivity index (χ3v) is 5.00. The maximum Gasteiger partial charge on any atom is 0.282 e. The molecule has 0 aromatic heterocycles. The lowest BCUT2D eigenvalue weighted by molar-refractivity contribution is 0.359. The van der Waals surface area contributed by atoms with Gasteiger partial charge in [0, 0.05) is 31.6 Å². The van der Waals surface area contributed by atoms with E-state index in [0.717, 1.165) is 6.42 Å². The summed E-state index contributed by atoms with van der Waals surface area (Å²) in [5.41, 5.74) is 0. The minimum atomic E-state index is -3.29. The molecule has 1 aliphatic heterocycles. The van der Waals surface area contributed by atoms with Crippen molar-refractivity contribution in [2.75, 3.05) is 20.1 Å². The third-order valence-electron chi connectivity index (χ3n) is 2.51. The molecule has 0 aromatic carbocycles. The topological polar surface area (TPSA) is 40.6 Å². The van der Waals surface area contributed by atoms with Crippen LogP contribution < -0.4 is 0 Å². The lowest BCUT2D eigenvalue weighted by Crippen LogP contribution is -2.43. The van der Waals surface area contributed by atoms with E-state index in [-0.39, 0.29) is 11.4 Å². The predicted molar refractivity (Wildman–Crippen MR) is 57.6 cm³/mol. The Morgan fingerprint density at radius 3 is 2.43 bits per heavy atom. The zero-order valence-corrected chi connectivity index (χ0v) is 10.3. The van der Waals surface area contributed by atoms with Crippen molar-refractivity contribution in [3.8, 4) is 0 Å². The minimum absolute atomic E-state index is 0.0191. The monoisotopic (exact) mass is 240 g/mol. The highest BCUT2D eigenvalue weighted by molar-refractivity contribution is 7.86. The third kappa shape index (κ3) is 2.39. The van der Waals surface area contributed by atoms with E-state index in [9.17, 15) is 8.42 Å². The summed E-state index contributed by atoms with van der Waals surface area (Å²) < 4.78 is 26.7. The number of halogens is 1. The van der Waals surface area contributed by atoms with Gasteiger partial charge in [0.1, 0.15) is 0 Å². The van der Waals surface area contributed by atoms with E-state index in [1.54, 1.807) is 7.05 Å². The number of rotatable bonds is 3. The van der Waals surface area contributed by atoms with Gasteiger partial charge in [-0.15, -0.1) is 11.6 Å². The average Bonchev–Trinajstić information content (AvgIpc) is 2.50. The summed E-state index contributed by atoms with van der Waals surface area (Å²) in [6.07, 6.45) is 0.743. The molecule has 0 aliphatic carbocycles. The summed E-state index contributed by atoms with van der Waals surface area (Å²) in [5, 5.41) is -0.0367. The zero-order chi connectivity index (χ0) is 10.9. The van der Waals surface area contributed by atoms with Crippen LogP contribution in [0, 0.1) is 0 Å². The van der Waals surface area contributed by atoms with Gasteiger partial charge in [-0.3, -0.25) is 0 Å². The fraction of sp³-hybridized carbons (Fsp3) is 1.00. The smallest absolute Gasteiger partial charge is 0.195 e. The Labute approximate surface area is 91.0 Å². The van der Waals surface area contributed by atoms with Crippen molar-refractivity contribution in [1.82, 2.24) is 8.61 Å². The Morgan fingerprint density at radius 2 is 2.07 bits per heavy atom. The molecule has 1 saturated heterocycles. The van der Waals surface area contributed by atoms with Gasteiger partial charge in [-0.2, -0.15) is 17.0 Å². The van der Waals surface area contributed by atoms with Crippen LogP contribution in [0.25, 0.3) is 0 Å². The first-order chi connectivity index (χ1) is 6.35. The Morgan fingerprint density at radius 1 is 1.50 bits per heavy atom. The van der Waals surface area contributed by atoms with Gasteiger partial charge in [0.15, 0.2) is 0 Å². The fourth-order valence-corrected chi connectivity index (χ4v) is 3.29. The quantitative estimate of drug-likeness (QED) is 0.688. The molecule has 1 rings (SSSR count). The maximum atomic E-state index is 11.9. The van der Waals surface area contributed by atoms with Crippen LogP contribution in [0.3, 0.4) is 0 Å². The number of nitrogens with zero attached hydrogens (tertiary/aromatic N) is 2. The molecule has 0 aromatic rings. The van der Waals surface area contributed by atoms with E-state index in [1.165, 1.54) is 8.61 Å². The van der Waals surface area contributed by atoms with E-state index in [1.807, 2.05) is 13.8 Å². The van der Waals surface area contributed by atoms with Crippen LogP contribution in [0.4, 0.5) is 0 Å².